The normalized spacial score (nSPS) is 12.3. The van der Waals surface area contributed by atoms with Gasteiger partial charge in [0.1, 0.15) is 11.8 Å². The minimum atomic E-state index is -3.72. The number of amides is 1. The van der Waals surface area contributed by atoms with Gasteiger partial charge in [0, 0.05) is 6.54 Å². The van der Waals surface area contributed by atoms with Gasteiger partial charge in [0.15, 0.2) is 0 Å². The molecule has 0 spiro atoms. The van der Waals surface area contributed by atoms with E-state index in [9.17, 15) is 13.2 Å². The lowest BCUT2D eigenvalue weighted by atomic mass is 10.1. The van der Waals surface area contributed by atoms with E-state index in [1.54, 1.807) is 12.1 Å². The predicted octanol–water partition coefficient (Wildman–Crippen LogP) is 3.13. The van der Waals surface area contributed by atoms with Gasteiger partial charge in [0.05, 0.1) is 24.1 Å². The quantitative estimate of drug-likeness (QED) is 0.760. The molecule has 2 aromatic rings. The van der Waals surface area contributed by atoms with Gasteiger partial charge >= 0.3 is 0 Å². The Morgan fingerprint density at radius 3 is 2.48 bits per heavy atom. The van der Waals surface area contributed by atoms with Crippen LogP contribution < -0.4 is 14.4 Å². The summed E-state index contributed by atoms with van der Waals surface area (Å²) < 4.78 is 30.8. The second kappa shape index (κ2) is 8.63. The number of hydrogen-bond acceptors (Lipinski definition) is 4. The lowest BCUT2D eigenvalue weighted by Gasteiger charge is -2.28. The van der Waals surface area contributed by atoms with E-state index >= 15 is 0 Å². The van der Waals surface area contributed by atoms with Crippen LogP contribution in [0.15, 0.2) is 42.5 Å². The Balaban J connectivity index is 2.24. The number of sulfonamides is 1. The van der Waals surface area contributed by atoms with Gasteiger partial charge in [-0.05, 0) is 43.2 Å². The third-order valence-corrected chi connectivity index (χ3v) is 5.73. The summed E-state index contributed by atoms with van der Waals surface area (Å²) in [7, 11) is -2.25. The fourth-order valence-electron chi connectivity index (χ4n) is 2.74. The van der Waals surface area contributed by atoms with Gasteiger partial charge in [0.2, 0.25) is 15.9 Å². The monoisotopic (exact) mass is 410 g/mol. The van der Waals surface area contributed by atoms with Crippen molar-refractivity contribution in [2.24, 2.45) is 0 Å². The molecule has 6 nitrogen and oxygen atoms in total. The summed E-state index contributed by atoms with van der Waals surface area (Å²) in [5, 5.41) is 3.06. The van der Waals surface area contributed by atoms with E-state index in [1.165, 1.54) is 20.1 Å². The smallest absolute Gasteiger partial charge is 0.243 e. The van der Waals surface area contributed by atoms with Crippen molar-refractivity contribution in [2.45, 2.75) is 26.4 Å². The molecule has 8 heteroatoms. The van der Waals surface area contributed by atoms with E-state index in [1.807, 2.05) is 31.2 Å². The largest absolute Gasteiger partial charge is 0.495 e. The number of carbonyl (C=O) groups is 1. The number of anilines is 1. The third-order valence-electron chi connectivity index (χ3n) is 4.19. The minimum Gasteiger partial charge on any atom is -0.495 e. The van der Waals surface area contributed by atoms with E-state index in [2.05, 4.69) is 5.32 Å². The summed E-state index contributed by atoms with van der Waals surface area (Å²) in [6.07, 6.45) is 1.05. The molecule has 2 rings (SSSR count). The highest BCUT2D eigenvalue weighted by molar-refractivity contribution is 7.92. The number of nitrogens with one attached hydrogen (secondary N) is 1. The van der Waals surface area contributed by atoms with Crippen LogP contribution in [0.1, 0.15) is 18.1 Å². The van der Waals surface area contributed by atoms with Gasteiger partial charge in [-0.3, -0.25) is 9.10 Å². The topological polar surface area (TPSA) is 75.7 Å². The first-order valence-corrected chi connectivity index (χ1v) is 10.5. The summed E-state index contributed by atoms with van der Waals surface area (Å²) >= 11 is 6.12. The minimum absolute atomic E-state index is 0.260. The van der Waals surface area contributed by atoms with E-state index < -0.39 is 22.0 Å². The van der Waals surface area contributed by atoms with Crippen LogP contribution in [0.5, 0.6) is 5.75 Å². The van der Waals surface area contributed by atoms with Gasteiger partial charge in [-0.25, -0.2) is 8.42 Å². The Labute approximate surface area is 165 Å². The number of rotatable bonds is 7. The molecule has 0 bridgehead atoms. The van der Waals surface area contributed by atoms with E-state index in [4.69, 9.17) is 16.3 Å². The molecule has 27 heavy (non-hydrogen) atoms. The molecule has 0 saturated carbocycles. The zero-order chi connectivity index (χ0) is 20.2. The van der Waals surface area contributed by atoms with Crippen LogP contribution >= 0.6 is 11.6 Å². The van der Waals surface area contributed by atoms with Crippen LogP contribution in [0.2, 0.25) is 5.02 Å². The summed E-state index contributed by atoms with van der Waals surface area (Å²) in [6.45, 7) is 3.80. The highest BCUT2D eigenvalue weighted by Gasteiger charge is 2.29. The molecule has 0 aliphatic heterocycles. The number of nitrogens with zero attached hydrogens (tertiary/aromatic N) is 1. The molecular weight excluding hydrogens is 388 g/mol. The van der Waals surface area contributed by atoms with Crippen molar-refractivity contribution < 1.29 is 17.9 Å². The zero-order valence-electron chi connectivity index (χ0n) is 15.7. The molecule has 1 amide bonds. The summed E-state index contributed by atoms with van der Waals surface area (Å²) in [6, 6.07) is 11.3. The molecule has 0 aliphatic rings. The van der Waals surface area contributed by atoms with Crippen LogP contribution in [0.4, 0.5) is 5.69 Å². The predicted molar refractivity (Wildman–Crippen MR) is 108 cm³/mol. The molecule has 0 aromatic heterocycles. The second-order valence-electron chi connectivity index (χ2n) is 6.20. The lowest BCUT2D eigenvalue weighted by molar-refractivity contribution is -0.122. The summed E-state index contributed by atoms with van der Waals surface area (Å²) in [5.41, 5.74) is 2.31. The number of ether oxygens (including phenoxy) is 1. The molecule has 0 saturated heterocycles. The zero-order valence-corrected chi connectivity index (χ0v) is 17.3. The van der Waals surface area contributed by atoms with Crippen LogP contribution in [-0.4, -0.2) is 33.7 Å². The molecule has 0 radical (unpaired) electrons. The Morgan fingerprint density at radius 1 is 1.26 bits per heavy atom. The van der Waals surface area contributed by atoms with Crippen molar-refractivity contribution in [3.05, 3.63) is 58.6 Å². The summed E-state index contributed by atoms with van der Waals surface area (Å²) in [5.74, 6) is 0.0149. The van der Waals surface area contributed by atoms with E-state index in [0.29, 0.717) is 18.0 Å². The first-order chi connectivity index (χ1) is 12.6. The number of halogens is 1. The molecule has 0 heterocycles. The maximum absolute atomic E-state index is 12.6. The van der Waals surface area contributed by atoms with Gasteiger partial charge < -0.3 is 10.1 Å². The maximum Gasteiger partial charge on any atom is 0.243 e. The van der Waals surface area contributed by atoms with Gasteiger partial charge in [0.25, 0.3) is 0 Å². The number of benzene rings is 2. The van der Waals surface area contributed by atoms with Gasteiger partial charge in [-0.15, -0.1) is 0 Å². The second-order valence-corrected chi connectivity index (χ2v) is 8.46. The molecule has 146 valence electrons. The SMILES string of the molecule is COc1ccc(N([C@H](C)C(=O)NCc2ccccc2C)S(C)(=O)=O)cc1Cl. The Morgan fingerprint density at radius 2 is 1.93 bits per heavy atom. The van der Waals surface area contributed by atoms with Crippen LogP contribution in [0.25, 0.3) is 0 Å². The Kier molecular flexibility index (Phi) is 6.73. The van der Waals surface area contributed by atoms with E-state index in [0.717, 1.165) is 21.7 Å². The number of hydrogen-bond donors (Lipinski definition) is 1. The Hall–Kier alpha value is -2.25. The third kappa shape index (κ3) is 5.14. The van der Waals surface area contributed by atoms with Crippen molar-refractivity contribution >= 4 is 33.2 Å². The van der Waals surface area contributed by atoms with Crippen LogP contribution in [0, 0.1) is 6.92 Å². The lowest BCUT2D eigenvalue weighted by Crippen LogP contribution is -2.47. The summed E-state index contributed by atoms with van der Waals surface area (Å²) in [4.78, 5) is 12.6. The van der Waals surface area contributed by atoms with Crippen molar-refractivity contribution in [2.75, 3.05) is 17.7 Å². The van der Waals surface area contributed by atoms with Crippen molar-refractivity contribution in [1.29, 1.82) is 0 Å². The van der Waals surface area contributed by atoms with Crippen molar-refractivity contribution in [1.82, 2.24) is 5.32 Å². The van der Waals surface area contributed by atoms with Gasteiger partial charge in [-0.1, -0.05) is 35.9 Å². The molecule has 0 unspecified atom stereocenters. The number of carbonyl (C=O) groups excluding carboxylic acids is 1. The molecule has 1 atom stereocenters. The van der Waals surface area contributed by atoms with Gasteiger partial charge in [-0.2, -0.15) is 0 Å². The first-order valence-electron chi connectivity index (χ1n) is 8.30. The average Bonchev–Trinajstić information content (AvgIpc) is 2.59. The highest BCUT2D eigenvalue weighted by Crippen LogP contribution is 2.31. The van der Waals surface area contributed by atoms with Crippen LogP contribution in [-0.2, 0) is 21.4 Å². The number of methoxy groups -OCH3 is 1. The van der Waals surface area contributed by atoms with Crippen molar-refractivity contribution in [3.63, 3.8) is 0 Å². The highest BCUT2D eigenvalue weighted by atomic mass is 35.5. The first kappa shape index (κ1) is 21.1. The van der Waals surface area contributed by atoms with E-state index in [-0.39, 0.29) is 5.02 Å². The molecule has 0 fully saturated rings. The molecule has 2 aromatic carbocycles. The van der Waals surface area contributed by atoms with Crippen molar-refractivity contribution in [3.8, 4) is 5.75 Å². The van der Waals surface area contributed by atoms with Crippen LogP contribution in [0.3, 0.4) is 0 Å². The fourth-order valence-corrected chi connectivity index (χ4v) is 4.16. The molecule has 1 N–H and O–H groups in total. The standard InChI is InChI=1S/C19H23ClN2O4S/c1-13-7-5-6-8-15(13)12-21-19(23)14(2)22(27(4,24)25)16-9-10-18(26-3)17(20)11-16/h5-11,14H,12H2,1-4H3,(H,21,23)/t14-/m1/s1. The fraction of sp³-hybridized carbons (Fsp3) is 0.316. The molecule has 0 aliphatic carbocycles. The average molecular weight is 411 g/mol. The molecular formula is C19H23ClN2O4S. The number of aryl methyl sites for hydroxylation is 1. The maximum atomic E-state index is 12.6. The Bertz CT molecular complexity index is 931.